The molecular formula is C23H25Cl2FN2O2. The topological polar surface area (TPSA) is 49.4 Å². The number of rotatable bonds is 6. The summed E-state index contributed by atoms with van der Waals surface area (Å²) < 4.78 is 14.8. The van der Waals surface area contributed by atoms with E-state index in [1.165, 1.54) is 17.0 Å². The highest BCUT2D eigenvalue weighted by Gasteiger charge is 2.36. The Hall–Kier alpha value is -2.11. The Kier molecular flexibility index (Phi) is 7.73. The molecule has 3 rings (SSSR count). The average molecular weight is 451 g/mol. The molecule has 1 atom stereocenters. The van der Waals surface area contributed by atoms with E-state index in [0.29, 0.717) is 16.3 Å². The zero-order valence-corrected chi connectivity index (χ0v) is 18.3. The molecule has 160 valence electrons. The van der Waals surface area contributed by atoms with E-state index in [1.807, 2.05) is 0 Å². The van der Waals surface area contributed by atoms with Crippen molar-refractivity contribution in [2.45, 2.75) is 51.1 Å². The highest BCUT2D eigenvalue weighted by Crippen LogP contribution is 2.35. The number of anilines is 1. The van der Waals surface area contributed by atoms with Gasteiger partial charge in [0, 0.05) is 22.3 Å². The molecule has 0 aliphatic heterocycles. The number of amides is 2. The third-order valence-electron chi connectivity index (χ3n) is 5.54. The van der Waals surface area contributed by atoms with Crippen LogP contribution in [0.15, 0.2) is 42.5 Å². The molecule has 1 aliphatic rings. The summed E-state index contributed by atoms with van der Waals surface area (Å²) in [6.07, 6.45) is 4.95. The van der Waals surface area contributed by atoms with Gasteiger partial charge in [-0.2, -0.15) is 0 Å². The number of nitrogens with zero attached hydrogens (tertiary/aromatic N) is 1. The lowest BCUT2D eigenvalue weighted by Crippen LogP contribution is -2.48. The Bertz CT molecular complexity index is 916. The Morgan fingerprint density at radius 2 is 1.83 bits per heavy atom. The molecule has 1 aliphatic carbocycles. The number of hydrogen-bond acceptors (Lipinski definition) is 2. The lowest BCUT2D eigenvalue weighted by atomic mass is 9.94. The summed E-state index contributed by atoms with van der Waals surface area (Å²) in [5, 5.41) is 3.48. The van der Waals surface area contributed by atoms with Crippen LogP contribution in [0.4, 0.5) is 10.1 Å². The summed E-state index contributed by atoms with van der Waals surface area (Å²) in [6.45, 7) is 1.75. The second kappa shape index (κ2) is 10.3. The molecule has 0 radical (unpaired) electrons. The van der Waals surface area contributed by atoms with Crippen LogP contribution in [-0.2, 0) is 9.59 Å². The number of benzene rings is 2. The number of nitrogens with one attached hydrogen (secondary N) is 1. The molecule has 0 saturated heterocycles. The second-order valence-electron chi connectivity index (χ2n) is 7.55. The third-order valence-corrected chi connectivity index (χ3v) is 6.18. The molecule has 4 nitrogen and oxygen atoms in total. The van der Waals surface area contributed by atoms with Crippen molar-refractivity contribution >= 4 is 40.7 Å². The largest absolute Gasteiger partial charge is 0.351 e. The minimum absolute atomic E-state index is 0.00827. The molecule has 0 spiro atoms. The summed E-state index contributed by atoms with van der Waals surface area (Å²) >= 11 is 12.2. The Morgan fingerprint density at radius 3 is 2.50 bits per heavy atom. The van der Waals surface area contributed by atoms with Crippen molar-refractivity contribution in [1.29, 1.82) is 0 Å². The Balaban J connectivity index is 2.09. The minimum atomic E-state index is -1.20. The quantitative estimate of drug-likeness (QED) is 0.586. The van der Waals surface area contributed by atoms with Crippen LogP contribution in [0.25, 0.3) is 0 Å². The van der Waals surface area contributed by atoms with Gasteiger partial charge in [-0.1, -0.05) is 55.1 Å². The van der Waals surface area contributed by atoms with Gasteiger partial charge in [-0.05, 0) is 43.5 Å². The zero-order chi connectivity index (χ0) is 21.7. The number of carbonyl (C=O) groups excluding carboxylic acids is 2. The van der Waals surface area contributed by atoms with Crippen LogP contribution in [-0.4, -0.2) is 23.7 Å². The maximum Gasteiger partial charge on any atom is 0.248 e. The van der Waals surface area contributed by atoms with Gasteiger partial charge in [0.05, 0.1) is 0 Å². The monoisotopic (exact) mass is 450 g/mol. The van der Waals surface area contributed by atoms with Crippen LogP contribution in [0, 0.1) is 12.7 Å². The predicted molar refractivity (Wildman–Crippen MR) is 119 cm³/mol. The Morgan fingerprint density at radius 1 is 1.13 bits per heavy atom. The third kappa shape index (κ3) is 4.96. The summed E-state index contributed by atoms with van der Waals surface area (Å²) in [6, 6.07) is 9.89. The van der Waals surface area contributed by atoms with Crippen molar-refractivity contribution in [2.75, 3.05) is 10.8 Å². The number of hydrogen-bond donors (Lipinski definition) is 1. The van der Waals surface area contributed by atoms with E-state index in [4.69, 9.17) is 23.2 Å². The van der Waals surface area contributed by atoms with E-state index in [-0.39, 0.29) is 17.5 Å². The van der Waals surface area contributed by atoms with Crippen LogP contribution in [0.1, 0.15) is 49.3 Å². The molecule has 7 heteroatoms. The fourth-order valence-electron chi connectivity index (χ4n) is 3.96. The first kappa shape index (κ1) is 22.6. The average Bonchev–Trinajstić information content (AvgIpc) is 2.75. The smallest absolute Gasteiger partial charge is 0.248 e. The van der Waals surface area contributed by atoms with Crippen LogP contribution in [0.2, 0.25) is 5.02 Å². The summed E-state index contributed by atoms with van der Waals surface area (Å²) in [5.74, 6) is -1.85. The molecule has 2 aromatic carbocycles. The highest BCUT2D eigenvalue weighted by molar-refractivity contribution is 6.32. The molecule has 0 bridgehead atoms. The van der Waals surface area contributed by atoms with E-state index in [0.717, 1.165) is 32.1 Å². The second-order valence-corrected chi connectivity index (χ2v) is 8.22. The van der Waals surface area contributed by atoms with Gasteiger partial charge < -0.3 is 5.32 Å². The van der Waals surface area contributed by atoms with E-state index in [2.05, 4.69) is 5.32 Å². The van der Waals surface area contributed by atoms with Crippen molar-refractivity contribution in [1.82, 2.24) is 5.32 Å². The van der Waals surface area contributed by atoms with E-state index in [1.54, 1.807) is 37.3 Å². The van der Waals surface area contributed by atoms with Crippen molar-refractivity contribution in [3.8, 4) is 0 Å². The van der Waals surface area contributed by atoms with E-state index < -0.39 is 23.7 Å². The fourth-order valence-corrected chi connectivity index (χ4v) is 4.26. The van der Waals surface area contributed by atoms with Crippen molar-refractivity contribution in [2.24, 2.45) is 0 Å². The standard InChI is InChI=1S/C23H25Cl2FN2O2/c1-15-18(25)11-7-13-20(15)28(21(29)14-24)22(17-10-5-6-12-19(17)26)23(30)27-16-8-3-2-4-9-16/h5-7,10-13,16,22H,2-4,8-9,14H2,1H3,(H,27,30)/t22-/m0/s1. The molecule has 1 fully saturated rings. The first-order valence-corrected chi connectivity index (χ1v) is 11.0. The number of halogens is 3. The van der Waals surface area contributed by atoms with Crippen LogP contribution in [0.3, 0.4) is 0 Å². The molecule has 30 heavy (non-hydrogen) atoms. The molecule has 0 heterocycles. The maximum absolute atomic E-state index is 14.8. The van der Waals surface area contributed by atoms with Gasteiger partial charge in [-0.3, -0.25) is 14.5 Å². The number of alkyl halides is 1. The molecule has 1 N–H and O–H groups in total. The van der Waals surface area contributed by atoms with Crippen molar-refractivity contribution in [3.63, 3.8) is 0 Å². The first-order valence-electron chi connectivity index (χ1n) is 10.1. The van der Waals surface area contributed by atoms with Crippen LogP contribution in [0.5, 0.6) is 0 Å². The fraction of sp³-hybridized carbons (Fsp3) is 0.391. The van der Waals surface area contributed by atoms with Gasteiger partial charge in [0.1, 0.15) is 17.7 Å². The van der Waals surface area contributed by atoms with E-state index >= 15 is 0 Å². The van der Waals surface area contributed by atoms with E-state index in [9.17, 15) is 14.0 Å². The van der Waals surface area contributed by atoms with Crippen LogP contribution >= 0.6 is 23.2 Å². The van der Waals surface area contributed by atoms with Gasteiger partial charge >= 0.3 is 0 Å². The summed E-state index contributed by atoms with van der Waals surface area (Å²) in [5.41, 5.74) is 1.16. The molecule has 2 amide bonds. The minimum Gasteiger partial charge on any atom is -0.351 e. The van der Waals surface area contributed by atoms with Gasteiger partial charge in [0.2, 0.25) is 11.8 Å². The first-order chi connectivity index (χ1) is 14.4. The van der Waals surface area contributed by atoms with Crippen molar-refractivity contribution < 1.29 is 14.0 Å². The molecular weight excluding hydrogens is 426 g/mol. The molecule has 2 aromatic rings. The SMILES string of the molecule is Cc1c(Cl)cccc1N(C(=O)CCl)[C@H](C(=O)NC1CCCCC1)c1ccccc1F. The Labute approximate surface area is 186 Å². The summed E-state index contributed by atoms with van der Waals surface area (Å²) in [7, 11) is 0. The zero-order valence-electron chi connectivity index (χ0n) is 16.8. The maximum atomic E-state index is 14.8. The summed E-state index contributed by atoms with van der Waals surface area (Å²) in [4.78, 5) is 27.7. The predicted octanol–water partition coefficient (Wildman–Crippen LogP) is 5.55. The molecule has 0 unspecified atom stereocenters. The van der Waals surface area contributed by atoms with Crippen molar-refractivity contribution in [3.05, 3.63) is 64.4 Å². The van der Waals surface area contributed by atoms with Gasteiger partial charge in [0.25, 0.3) is 0 Å². The van der Waals surface area contributed by atoms with Gasteiger partial charge in [-0.25, -0.2) is 4.39 Å². The molecule has 0 aromatic heterocycles. The normalized spacial score (nSPS) is 15.5. The van der Waals surface area contributed by atoms with Crippen LogP contribution < -0.4 is 10.2 Å². The molecule has 1 saturated carbocycles. The van der Waals surface area contributed by atoms with Gasteiger partial charge in [0.15, 0.2) is 0 Å². The highest BCUT2D eigenvalue weighted by atomic mass is 35.5. The lowest BCUT2D eigenvalue weighted by molar-refractivity contribution is -0.126. The lowest BCUT2D eigenvalue weighted by Gasteiger charge is -2.34. The van der Waals surface area contributed by atoms with Gasteiger partial charge in [-0.15, -0.1) is 11.6 Å². The number of carbonyl (C=O) groups is 2.